The first-order valence-corrected chi connectivity index (χ1v) is 10.1. The normalized spacial score (nSPS) is 11.8. The number of nitrogens with zero attached hydrogens (tertiary/aromatic N) is 1. The number of carbonyl (C=O) groups is 2. The zero-order chi connectivity index (χ0) is 20.7. The quantitative estimate of drug-likeness (QED) is 0.663. The molecule has 5 nitrogen and oxygen atoms in total. The zero-order valence-corrected chi connectivity index (χ0v) is 18.3. The van der Waals surface area contributed by atoms with E-state index in [0.29, 0.717) is 18.2 Å². The second kappa shape index (κ2) is 10.3. The number of halogens is 1. The molecule has 0 saturated carbocycles. The van der Waals surface area contributed by atoms with Crippen LogP contribution in [0.15, 0.2) is 53.0 Å². The third-order valence-electron chi connectivity index (χ3n) is 4.59. The van der Waals surface area contributed by atoms with Gasteiger partial charge in [0.15, 0.2) is 6.61 Å². The smallest absolute Gasteiger partial charge is 0.261 e. The van der Waals surface area contributed by atoms with Crippen LogP contribution in [0.1, 0.15) is 37.8 Å². The maximum atomic E-state index is 12.8. The highest BCUT2D eigenvalue weighted by Crippen LogP contribution is 2.19. The van der Waals surface area contributed by atoms with Crippen molar-refractivity contribution < 1.29 is 14.3 Å². The molecule has 2 amide bonds. The Bertz CT molecular complexity index is 788. The monoisotopic (exact) mass is 446 g/mol. The van der Waals surface area contributed by atoms with Crippen LogP contribution in [0.5, 0.6) is 5.75 Å². The van der Waals surface area contributed by atoms with Gasteiger partial charge in [-0.2, -0.15) is 0 Å². The minimum absolute atomic E-state index is 0.126. The van der Waals surface area contributed by atoms with Gasteiger partial charge in [0.25, 0.3) is 5.91 Å². The Balaban J connectivity index is 2.09. The number of carbonyl (C=O) groups excluding carboxylic acids is 2. The van der Waals surface area contributed by atoms with Crippen LogP contribution in [0.25, 0.3) is 0 Å². The van der Waals surface area contributed by atoms with Gasteiger partial charge in [0, 0.05) is 18.1 Å². The van der Waals surface area contributed by atoms with Crippen LogP contribution in [0.2, 0.25) is 0 Å². The van der Waals surface area contributed by atoms with Gasteiger partial charge in [0.05, 0.1) is 0 Å². The summed E-state index contributed by atoms with van der Waals surface area (Å²) < 4.78 is 6.63. The third kappa shape index (κ3) is 6.09. The summed E-state index contributed by atoms with van der Waals surface area (Å²) in [5.74, 6) is 0.609. The lowest BCUT2D eigenvalue weighted by Crippen LogP contribution is -2.48. The fraction of sp³-hybridized carbons (Fsp3) is 0.364. The Labute approximate surface area is 175 Å². The van der Waals surface area contributed by atoms with Crippen molar-refractivity contribution in [3.63, 3.8) is 0 Å². The molecular weight excluding hydrogens is 420 g/mol. The van der Waals surface area contributed by atoms with Gasteiger partial charge in [-0.3, -0.25) is 9.59 Å². The van der Waals surface area contributed by atoms with Crippen molar-refractivity contribution in [3.8, 4) is 5.75 Å². The highest BCUT2D eigenvalue weighted by Gasteiger charge is 2.25. The van der Waals surface area contributed by atoms with E-state index in [-0.39, 0.29) is 18.4 Å². The van der Waals surface area contributed by atoms with Crippen molar-refractivity contribution in [2.75, 3.05) is 13.7 Å². The first kappa shape index (κ1) is 22.0. The number of benzene rings is 2. The van der Waals surface area contributed by atoms with Crippen LogP contribution < -0.4 is 10.1 Å². The lowest BCUT2D eigenvalue weighted by atomic mass is 10.0. The third-order valence-corrected chi connectivity index (χ3v) is 5.12. The van der Waals surface area contributed by atoms with E-state index in [1.54, 1.807) is 14.0 Å². The van der Waals surface area contributed by atoms with E-state index in [9.17, 15) is 9.59 Å². The van der Waals surface area contributed by atoms with Crippen LogP contribution in [0.3, 0.4) is 0 Å². The van der Waals surface area contributed by atoms with E-state index in [2.05, 4.69) is 35.1 Å². The molecule has 0 fully saturated rings. The topological polar surface area (TPSA) is 58.6 Å². The Kier molecular flexibility index (Phi) is 8.05. The number of likely N-dealkylation sites (N-methyl/N-ethyl adjacent to an activating group) is 1. The van der Waals surface area contributed by atoms with Crippen molar-refractivity contribution in [2.24, 2.45) is 0 Å². The van der Waals surface area contributed by atoms with Gasteiger partial charge in [-0.05, 0) is 48.2 Å². The number of hydrogen-bond donors (Lipinski definition) is 1. The molecule has 2 rings (SSSR count). The molecule has 150 valence electrons. The molecule has 28 heavy (non-hydrogen) atoms. The lowest BCUT2D eigenvalue weighted by Gasteiger charge is -2.28. The summed E-state index contributed by atoms with van der Waals surface area (Å²) in [6.45, 7) is 6.17. The highest BCUT2D eigenvalue weighted by molar-refractivity contribution is 9.10. The summed E-state index contributed by atoms with van der Waals surface area (Å²) in [4.78, 5) is 26.5. The van der Waals surface area contributed by atoms with E-state index < -0.39 is 6.04 Å². The predicted molar refractivity (Wildman–Crippen MR) is 114 cm³/mol. The van der Waals surface area contributed by atoms with Gasteiger partial charge in [0.1, 0.15) is 11.8 Å². The van der Waals surface area contributed by atoms with Crippen LogP contribution >= 0.6 is 15.9 Å². The average Bonchev–Trinajstić information content (AvgIpc) is 2.70. The van der Waals surface area contributed by atoms with Gasteiger partial charge in [-0.1, -0.05) is 54.0 Å². The number of nitrogens with one attached hydrogen (secondary N) is 1. The minimum atomic E-state index is -0.604. The summed E-state index contributed by atoms with van der Waals surface area (Å²) in [6.07, 6.45) is 0. The minimum Gasteiger partial charge on any atom is -0.484 e. The van der Waals surface area contributed by atoms with E-state index in [1.165, 1.54) is 10.5 Å². The molecule has 0 spiro atoms. The Morgan fingerprint density at radius 3 is 2.18 bits per heavy atom. The Morgan fingerprint density at radius 2 is 1.64 bits per heavy atom. The maximum absolute atomic E-state index is 12.8. The van der Waals surface area contributed by atoms with Crippen molar-refractivity contribution in [1.82, 2.24) is 10.2 Å². The summed E-state index contributed by atoms with van der Waals surface area (Å²) in [7, 11) is 1.56. The molecule has 0 heterocycles. The SMILES string of the molecule is CNC(=O)[C@@H](C)N(Cc1ccc(Br)cc1)C(=O)COc1ccc(C(C)C)cc1. The molecule has 6 heteroatoms. The van der Waals surface area contributed by atoms with Crippen LogP contribution in [0, 0.1) is 0 Å². The zero-order valence-electron chi connectivity index (χ0n) is 16.7. The number of amides is 2. The van der Waals surface area contributed by atoms with E-state index in [4.69, 9.17) is 4.74 Å². The fourth-order valence-electron chi connectivity index (χ4n) is 2.75. The largest absolute Gasteiger partial charge is 0.484 e. The number of hydrogen-bond acceptors (Lipinski definition) is 3. The van der Waals surface area contributed by atoms with Crippen molar-refractivity contribution >= 4 is 27.7 Å². The molecule has 0 bridgehead atoms. The average molecular weight is 447 g/mol. The van der Waals surface area contributed by atoms with Crippen molar-refractivity contribution in [1.29, 1.82) is 0 Å². The van der Waals surface area contributed by atoms with E-state index >= 15 is 0 Å². The highest BCUT2D eigenvalue weighted by atomic mass is 79.9. The standard InChI is InChI=1S/C22H27BrN2O3/c1-15(2)18-7-11-20(12-8-18)28-14-21(26)25(16(3)22(27)24-4)13-17-5-9-19(23)10-6-17/h5-12,15-16H,13-14H2,1-4H3,(H,24,27)/t16-/m1/s1. The molecule has 2 aromatic rings. The molecule has 0 aliphatic carbocycles. The van der Waals surface area contributed by atoms with E-state index in [1.807, 2.05) is 48.5 Å². The predicted octanol–water partition coefficient (Wildman–Crippen LogP) is 4.11. The van der Waals surface area contributed by atoms with Crippen LogP contribution in [-0.2, 0) is 16.1 Å². The Morgan fingerprint density at radius 1 is 1.04 bits per heavy atom. The molecule has 0 saturated heterocycles. The summed E-state index contributed by atoms with van der Waals surface area (Å²) in [6, 6.07) is 14.8. The number of rotatable bonds is 8. The first-order valence-electron chi connectivity index (χ1n) is 9.30. The second-order valence-corrected chi connectivity index (χ2v) is 7.87. The van der Waals surface area contributed by atoms with Gasteiger partial charge in [-0.15, -0.1) is 0 Å². The van der Waals surface area contributed by atoms with Gasteiger partial charge in [-0.25, -0.2) is 0 Å². The summed E-state index contributed by atoms with van der Waals surface area (Å²) in [5, 5.41) is 2.60. The molecular formula is C22H27BrN2O3. The van der Waals surface area contributed by atoms with Crippen LogP contribution in [0.4, 0.5) is 0 Å². The molecule has 1 N–H and O–H groups in total. The van der Waals surface area contributed by atoms with E-state index in [0.717, 1.165) is 10.0 Å². The summed E-state index contributed by atoms with van der Waals surface area (Å²) in [5.41, 5.74) is 2.15. The van der Waals surface area contributed by atoms with Gasteiger partial charge < -0.3 is 15.0 Å². The molecule has 0 aliphatic rings. The summed E-state index contributed by atoms with van der Waals surface area (Å²) >= 11 is 3.40. The van der Waals surface area contributed by atoms with Gasteiger partial charge >= 0.3 is 0 Å². The molecule has 0 radical (unpaired) electrons. The molecule has 0 aliphatic heterocycles. The Hall–Kier alpha value is -2.34. The molecule has 1 atom stereocenters. The molecule has 2 aromatic carbocycles. The maximum Gasteiger partial charge on any atom is 0.261 e. The molecule has 0 aromatic heterocycles. The van der Waals surface area contributed by atoms with Crippen molar-refractivity contribution in [3.05, 3.63) is 64.1 Å². The second-order valence-electron chi connectivity index (χ2n) is 6.95. The lowest BCUT2D eigenvalue weighted by molar-refractivity contribution is -0.142. The van der Waals surface area contributed by atoms with Gasteiger partial charge in [0.2, 0.25) is 5.91 Å². The van der Waals surface area contributed by atoms with Crippen LogP contribution in [-0.4, -0.2) is 36.4 Å². The fourth-order valence-corrected chi connectivity index (χ4v) is 3.02. The molecule has 0 unspecified atom stereocenters. The number of ether oxygens (including phenoxy) is 1. The van der Waals surface area contributed by atoms with Crippen molar-refractivity contribution in [2.45, 2.75) is 39.3 Å². The first-order chi connectivity index (χ1) is 13.3.